The second-order valence-corrected chi connectivity index (χ2v) is 5.87. The average Bonchev–Trinajstić information content (AvgIpc) is 2.99. The van der Waals surface area contributed by atoms with Crippen LogP contribution in [0.5, 0.6) is 0 Å². The zero-order valence-corrected chi connectivity index (χ0v) is 14.7. The van der Waals surface area contributed by atoms with E-state index in [1.807, 2.05) is 6.92 Å². The van der Waals surface area contributed by atoms with E-state index in [1.165, 1.54) is 9.58 Å². The molecule has 0 aliphatic rings. The summed E-state index contributed by atoms with van der Waals surface area (Å²) in [7, 11) is 1.63. The molecule has 0 radical (unpaired) electrons. The fourth-order valence-corrected chi connectivity index (χ4v) is 2.58. The zero-order valence-electron chi connectivity index (χ0n) is 14.0. The van der Waals surface area contributed by atoms with E-state index in [1.54, 1.807) is 31.8 Å². The number of amides is 1. The van der Waals surface area contributed by atoms with Gasteiger partial charge in [0, 0.05) is 19.8 Å². The van der Waals surface area contributed by atoms with Crippen LogP contribution >= 0.6 is 11.6 Å². The van der Waals surface area contributed by atoms with Crippen LogP contribution in [0.25, 0.3) is 0 Å². The summed E-state index contributed by atoms with van der Waals surface area (Å²) in [6.45, 7) is 5.93. The molecule has 9 nitrogen and oxygen atoms in total. The molecule has 0 N–H and O–H groups in total. The molecule has 0 atom stereocenters. The molecule has 0 unspecified atom stereocenters. The maximum atomic E-state index is 12.4. The highest BCUT2D eigenvalue weighted by atomic mass is 35.5. The van der Waals surface area contributed by atoms with Crippen molar-refractivity contribution in [2.75, 3.05) is 7.05 Å². The van der Waals surface area contributed by atoms with Crippen molar-refractivity contribution in [2.24, 2.45) is 0 Å². The first-order valence-electron chi connectivity index (χ1n) is 7.38. The van der Waals surface area contributed by atoms with Crippen LogP contribution in [0.4, 0.5) is 5.69 Å². The highest BCUT2D eigenvalue weighted by molar-refractivity contribution is 6.31. The van der Waals surface area contributed by atoms with E-state index >= 15 is 0 Å². The molecule has 2 aromatic heterocycles. The van der Waals surface area contributed by atoms with Crippen LogP contribution in [0, 0.1) is 24.0 Å². The first-order chi connectivity index (χ1) is 11.2. The van der Waals surface area contributed by atoms with E-state index in [2.05, 4.69) is 10.2 Å². The standard InChI is InChI=1S/C14H19ClN6O3/c1-5-19-6-11(15)12(17-19)7-18(4)13(22)8-20-10(3)14(21(23)24)9(2)16-20/h6H,5,7-8H2,1-4H3. The van der Waals surface area contributed by atoms with Crippen molar-refractivity contribution in [1.82, 2.24) is 24.5 Å². The second-order valence-electron chi connectivity index (χ2n) is 5.46. The van der Waals surface area contributed by atoms with Gasteiger partial charge in [-0.25, -0.2) is 0 Å². The number of carbonyl (C=O) groups is 1. The largest absolute Gasteiger partial charge is 0.338 e. The summed E-state index contributed by atoms with van der Waals surface area (Å²) >= 11 is 6.10. The summed E-state index contributed by atoms with van der Waals surface area (Å²) < 4.78 is 3.04. The van der Waals surface area contributed by atoms with Crippen molar-refractivity contribution < 1.29 is 9.72 Å². The Balaban J connectivity index is 2.10. The Morgan fingerprint density at radius 2 is 2.08 bits per heavy atom. The van der Waals surface area contributed by atoms with Crippen LogP contribution in [0.2, 0.25) is 5.02 Å². The first kappa shape index (κ1) is 17.9. The van der Waals surface area contributed by atoms with E-state index in [0.717, 1.165) is 0 Å². The molecular formula is C14H19ClN6O3. The predicted octanol–water partition coefficient (Wildman–Crippen LogP) is 1.94. The Labute approximate surface area is 144 Å². The van der Waals surface area contributed by atoms with Crippen molar-refractivity contribution in [2.45, 2.75) is 40.4 Å². The van der Waals surface area contributed by atoms with Gasteiger partial charge in [-0.15, -0.1) is 0 Å². The van der Waals surface area contributed by atoms with Crippen molar-refractivity contribution in [3.63, 3.8) is 0 Å². The molecule has 0 saturated heterocycles. The molecule has 2 aromatic rings. The molecule has 0 aliphatic heterocycles. The van der Waals surface area contributed by atoms with Gasteiger partial charge < -0.3 is 4.90 Å². The fourth-order valence-electron chi connectivity index (χ4n) is 2.37. The quantitative estimate of drug-likeness (QED) is 0.583. The van der Waals surface area contributed by atoms with Crippen LogP contribution < -0.4 is 0 Å². The number of rotatable bonds is 6. The lowest BCUT2D eigenvalue weighted by Crippen LogP contribution is -2.30. The highest BCUT2D eigenvalue weighted by Gasteiger charge is 2.24. The molecule has 2 heterocycles. The third-order valence-corrected chi connectivity index (χ3v) is 4.05. The topological polar surface area (TPSA) is 99.1 Å². The summed E-state index contributed by atoms with van der Waals surface area (Å²) in [5.41, 5.74) is 1.19. The number of aromatic nitrogens is 4. The number of likely N-dealkylation sites (N-methyl/N-ethyl adjacent to an activating group) is 1. The Morgan fingerprint density at radius 3 is 2.58 bits per heavy atom. The van der Waals surface area contributed by atoms with Crippen LogP contribution in [-0.2, 0) is 24.4 Å². The Morgan fingerprint density at radius 1 is 1.42 bits per heavy atom. The number of nitro groups is 1. The number of hydrogen-bond acceptors (Lipinski definition) is 5. The summed E-state index contributed by atoms with van der Waals surface area (Å²) in [5.74, 6) is -0.238. The maximum Gasteiger partial charge on any atom is 0.312 e. The van der Waals surface area contributed by atoms with Crippen LogP contribution in [-0.4, -0.2) is 42.3 Å². The summed E-state index contributed by atoms with van der Waals surface area (Å²) in [6.07, 6.45) is 1.71. The van der Waals surface area contributed by atoms with Gasteiger partial charge in [0.15, 0.2) is 0 Å². The van der Waals surface area contributed by atoms with Gasteiger partial charge in [0.2, 0.25) is 5.91 Å². The second kappa shape index (κ2) is 7.00. The van der Waals surface area contributed by atoms with Crippen molar-refractivity contribution in [1.29, 1.82) is 0 Å². The van der Waals surface area contributed by atoms with Gasteiger partial charge in [0.1, 0.15) is 23.6 Å². The number of aryl methyl sites for hydroxylation is 2. The molecule has 0 spiro atoms. The van der Waals surface area contributed by atoms with Gasteiger partial charge in [0.25, 0.3) is 0 Å². The minimum absolute atomic E-state index is 0.0600. The maximum absolute atomic E-state index is 12.4. The fraction of sp³-hybridized carbons (Fsp3) is 0.500. The minimum Gasteiger partial charge on any atom is -0.338 e. The van der Waals surface area contributed by atoms with E-state index in [-0.39, 0.29) is 30.4 Å². The predicted molar refractivity (Wildman–Crippen MR) is 87.7 cm³/mol. The SMILES string of the molecule is CCn1cc(Cl)c(CN(C)C(=O)Cn2nc(C)c([N+](=O)[O-])c2C)n1. The smallest absolute Gasteiger partial charge is 0.312 e. The summed E-state index contributed by atoms with van der Waals surface area (Å²) in [6, 6.07) is 0. The zero-order chi connectivity index (χ0) is 18.0. The third-order valence-electron chi connectivity index (χ3n) is 3.73. The molecule has 0 aromatic carbocycles. The number of halogens is 1. The normalized spacial score (nSPS) is 10.9. The number of carbonyl (C=O) groups excluding carboxylic acids is 1. The number of nitrogens with zero attached hydrogens (tertiary/aromatic N) is 6. The Bertz CT molecular complexity index is 782. The molecule has 1 amide bonds. The summed E-state index contributed by atoms with van der Waals surface area (Å²) in [4.78, 5) is 24.4. The van der Waals surface area contributed by atoms with Crippen LogP contribution in [0.1, 0.15) is 24.0 Å². The van der Waals surface area contributed by atoms with E-state index < -0.39 is 4.92 Å². The van der Waals surface area contributed by atoms with Gasteiger partial charge in [-0.3, -0.25) is 24.3 Å². The van der Waals surface area contributed by atoms with Gasteiger partial charge in [-0.2, -0.15) is 10.2 Å². The molecule has 0 bridgehead atoms. The highest BCUT2D eigenvalue weighted by Crippen LogP contribution is 2.22. The number of hydrogen-bond donors (Lipinski definition) is 0. The lowest BCUT2D eigenvalue weighted by Gasteiger charge is -2.16. The van der Waals surface area contributed by atoms with Gasteiger partial charge in [-0.1, -0.05) is 11.6 Å². The van der Waals surface area contributed by atoms with Crippen LogP contribution in [0.15, 0.2) is 6.20 Å². The monoisotopic (exact) mass is 354 g/mol. The van der Waals surface area contributed by atoms with Crippen LogP contribution in [0.3, 0.4) is 0 Å². The average molecular weight is 355 g/mol. The first-order valence-corrected chi connectivity index (χ1v) is 7.76. The Hall–Kier alpha value is -2.42. The van der Waals surface area contributed by atoms with E-state index in [0.29, 0.717) is 23.0 Å². The van der Waals surface area contributed by atoms with Crippen molar-refractivity contribution in [3.05, 3.63) is 38.4 Å². The lowest BCUT2D eigenvalue weighted by atomic mass is 10.3. The molecule has 0 fully saturated rings. The van der Waals surface area contributed by atoms with Gasteiger partial charge >= 0.3 is 5.69 Å². The minimum atomic E-state index is -0.487. The molecule has 2 rings (SSSR count). The summed E-state index contributed by atoms with van der Waals surface area (Å²) in [5, 5.41) is 19.9. The van der Waals surface area contributed by atoms with Gasteiger partial charge in [0.05, 0.1) is 16.5 Å². The molecule has 0 saturated carbocycles. The van der Waals surface area contributed by atoms with Crippen molar-refractivity contribution >= 4 is 23.2 Å². The van der Waals surface area contributed by atoms with E-state index in [4.69, 9.17) is 11.6 Å². The Kier molecular flexibility index (Phi) is 5.23. The molecule has 0 aliphatic carbocycles. The van der Waals surface area contributed by atoms with Gasteiger partial charge in [-0.05, 0) is 20.8 Å². The molecule has 10 heteroatoms. The third kappa shape index (κ3) is 3.56. The molecular weight excluding hydrogens is 336 g/mol. The van der Waals surface area contributed by atoms with E-state index in [9.17, 15) is 14.9 Å². The lowest BCUT2D eigenvalue weighted by molar-refractivity contribution is -0.386. The molecule has 24 heavy (non-hydrogen) atoms. The van der Waals surface area contributed by atoms with Crippen molar-refractivity contribution in [3.8, 4) is 0 Å². The molecule has 130 valence electrons.